The van der Waals surface area contributed by atoms with Crippen LogP contribution in [0.25, 0.3) is 0 Å². The summed E-state index contributed by atoms with van der Waals surface area (Å²) in [5.74, 6) is -0.577. The highest BCUT2D eigenvalue weighted by Crippen LogP contribution is 2.31. The Bertz CT molecular complexity index is 937. The van der Waals surface area contributed by atoms with E-state index < -0.39 is 0 Å². The standard InChI is InChI=1S/C24H29N3O5/c1-18-6-8-19(9-7-18)10-11-23(28)25-14-17-32-24(29)20-12-15-26(16-13-20)21-4-2-3-5-22(21)27(30)31/h2-9,20H,10-17H2,1H3,(H,25,28). The van der Waals surface area contributed by atoms with E-state index in [4.69, 9.17) is 4.74 Å². The monoisotopic (exact) mass is 439 g/mol. The summed E-state index contributed by atoms with van der Waals surface area (Å²) in [6.45, 7) is 3.56. The summed E-state index contributed by atoms with van der Waals surface area (Å²) >= 11 is 0. The molecule has 8 nitrogen and oxygen atoms in total. The first-order chi connectivity index (χ1) is 15.4. The molecule has 1 saturated heterocycles. The van der Waals surface area contributed by atoms with Crippen molar-refractivity contribution < 1.29 is 19.2 Å². The first kappa shape index (κ1) is 23.2. The summed E-state index contributed by atoms with van der Waals surface area (Å²) in [7, 11) is 0. The molecular weight excluding hydrogens is 410 g/mol. The maximum atomic E-state index is 12.3. The van der Waals surface area contributed by atoms with Crippen molar-refractivity contribution in [2.24, 2.45) is 5.92 Å². The van der Waals surface area contributed by atoms with Crippen LogP contribution in [0, 0.1) is 23.0 Å². The lowest BCUT2D eigenvalue weighted by molar-refractivity contribution is -0.384. The highest BCUT2D eigenvalue weighted by atomic mass is 16.6. The summed E-state index contributed by atoms with van der Waals surface area (Å²) in [4.78, 5) is 37.1. The number of para-hydroxylation sites is 2. The van der Waals surface area contributed by atoms with Gasteiger partial charge in [-0.2, -0.15) is 0 Å². The second kappa shape index (κ2) is 11.3. The predicted molar refractivity (Wildman–Crippen MR) is 122 cm³/mol. The summed E-state index contributed by atoms with van der Waals surface area (Å²) in [5.41, 5.74) is 2.96. The van der Waals surface area contributed by atoms with E-state index >= 15 is 0 Å². The molecule has 1 aliphatic heterocycles. The van der Waals surface area contributed by atoms with Crippen LogP contribution in [0.15, 0.2) is 48.5 Å². The Morgan fingerprint density at radius 1 is 1.12 bits per heavy atom. The highest BCUT2D eigenvalue weighted by molar-refractivity contribution is 5.76. The topological polar surface area (TPSA) is 102 Å². The normalized spacial score (nSPS) is 14.1. The van der Waals surface area contributed by atoms with Gasteiger partial charge in [0.05, 0.1) is 17.4 Å². The fraction of sp³-hybridized carbons (Fsp3) is 0.417. The van der Waals surface area contributed by atoms with Crippen LogP contribution >= 0.6 is 0 Å². The Labute approximate surface area is 187 Å². The Hall–Kier alpha value is -3.42. The van der Waals surface area contributed by atoms with Crippen molar-refractivity contribution in [2.45, 2.75) is 32.6 Å². The Balaban J connectivity index is 1.33. The number of ether oxygens (including phenoxy) is 1. The quantitative estimate of drug-likeness (QED) is 0.278. The SMILES string of the molecule is Cc1ccc(CCC(=O)NCCOC(=O)C2CCN(c3ccccc3[N+](=O)[O-])CC2)cc1. The second-order valence-electron chi connectivity index (χ2n) is 8.01. The lowest BCUT2D eigenvalue weighted by atomic mass is 9.96. The Morgan fingerprint density at radius 2 is 1.81 bits per heavy atom. The first-order valence-corrected chi connectivity index (χ1v) is 10.9. The third kappa shape index (κ3) is 6.54. The van der Waals surface area contributed by atoms with Gasteiger partial charge in [-0.3, -0.25) is 19.7 Å². The number of esters is 1. The Morgan fingerprint density at radius 3 is 2.50 bits per heavy atom. The number of nitro benzene ring substituents is 1. The molecule has 0 bridgehead atoms. The minimum Gasteiger partial charge on any atom is -0.464 e. The minimum atomic E-state index is -0.384. The second-order valence-corrected chi connectivity index (χ2v) is 8.01. The molecule has 0 spiro atoms. The average Bonchev–Trinajstić information content (AvgIpc) is 2.81. The highest BCUT2D eigenvalue weighted by Gasteiger charge is 2.28. The van der Waals surface area contributed by atoms with Crippen LogP contribution in [0.5, 0.6) is 0 Å². The molecule has 1 amide bonds. The van der Waals surface area contributed by atoms with E-state index in [1.54, 1.807) is 18.2 Å². The van der Waals surface area contributed by atoms with E-state index in [0.717, 1.165) is 5.56 Å². The zero-order valence-corrected chi connectivity index (χ0v) is 18.3. The van der Waals surface area contributed by atoms with Gasteiger partial charge < -0.3 is 15.0 Å². The number of nitrogens with one attached hydrogen (secondary N) is 1. The molecule has 0 radical (unpaired) electrons. The van der Waals surface area contributed by atoms with Crippen LogP contribution in [-0.4, -0.2) is 43.0 Å². The van der Waals surface area contributed by atoms with Gasteiger partial charge >= 0.3 is 5.97 Å². The summed E-state index contributed by atoms with van der Waals surface area (Å²) in [5, 5.41) is 14.0. The van der Waals surface area contributed by atoms with Crippen molar-refractivity contribution in [3.8, 4) is 0 Å². The first-order valence-electron chi connectivity index (χ1n) is 10.9. The van der Waals surface area contributed by atoms with E-state index in [2.05, 4.69) is 5.32 Å². The number of amides is 1. The molecular formula is C24H29N3O5. The molecule has 3 rings (SSSR count). The number of anilines is 1. The van der Waals surface area contributed by atoms with Crippen LogP contribution in [-0.2, 0) is 20.7 Å². The van der Waals surface area contributed by atoms with Crippen LogP contribution in [0.2, 0.25) is 0 Å². The van der Waals surface area contributed by atoms with Gasteiger partial charge in [-0.05, 0) is 37.8 Å². The van der Waals surface area contributed by atoms with Crippen molar-refractivity contribution in [2.75, 3.05) is 31.1 Å². The van der Waals surface area contributed by atoms with Gasteiger partial charge in [-0.1, -0.05) is 42.0 Å². The average molecular weight is 440 g/mol. The molecule has 32 heavy (non-hydrogen) atoms. The molecule has 1 fully saturated rings. The van der Waals surface area contributed by atoms with Crippen molar-refractivity contribution in [3.63, 3.8) is 0 Å². The molecule has 2 aromatic carbocycles. The smallest absolute Gasteiger partial charge is 0.309 e. The molecule has 0 atom stereocenters. The van der Waals surface area contributed by atoms with Gasteiger partial charge in [0.2, 0.25) is 5.91 Å². The molecule has 8 heteroatoms. The molecule has 0 saturated carbocycles. The van der Waals surface area contributed by atoms with Gasteiger partial charge in [0.25, 0.3) is 5.69 Å². The number of hydrogen-bond acceptors (Lipinski definition) is 6. The maximum absolute atomic E-state index is 12.3. The lowest BCUT2D eigenvalue weighted by Crippen LogP contribution is -2.38. The van der Waals surface area contributed by atoms with Gasteiger partial charge in [-0.15, -0.1) is 0 Å². The summed E-state index contributed by atoms with van der Waals surface area (Å²) < 4.78 is 5.33. The molecule has 2 aromatic rings. The van der Waals surface area contributed by atoms with Crippen molar-refractivity contribution >= 4 is 23.3 Å². The molecule has 0 unspecified atom stereocenters. The van der Waals surface area contributed by atoms with E-state index in [9.17, 15) is 19.7 Å². The third-order valence-electron chi connectivity index (χ3n) is 5.68. The Kier molecular flexibility index (Phi) is 8.19. The number of hydrogen-bond donors (Lipinski definition) is 1. The fourth-order valence-corrected chi connectivity index (χ4v) is 3.80. The van der Waals surface area contributed by atoms with E-state index in [0.29, 0.717) is 44.5 Å². The van der Waals surface area contributed by atoms with Crippen molar-refractivity contribution in [1.82, 2.24) is 5.32 Å². The van der Waals surface area contributed by atoms with Gasteiger partial charge in [-0.25, -0.2) is 0 Å². The molecule has 170 valence electrons. The summed E-state index contributed by atoms with van der Waals surface area (Å²) in [6, 6.07) is 14.7. The number of carbonyl (C=O) groups excluding carboxylic acids is 2. The minimum absolute atomic E-state index is 0.0700. The van der Waals surface area contributed by atoms with Gasteiger partial charge in [0, 0.05) is 25.6 Å². The number of nitrogens with zero attached hydrogens (tertiary/aromatic N) is 2. The fourth-order valence-electron chi connectivity index (χ4n) is 3.80. The largest absolute Gasteiger partial charge is 0.464 e. The van der Waals surface area contributed by atoms with Crippen LogP contribution < -0.4 is 10.2 Å². The van der Waals surface area contributed by atoms with Crippen molar-refractivity contribution in [3.05, 3.63) is 69.8 Å². The maximum Gasteiger partial charge on any atom is 0.309 e. The van der Waals surface area contributed by atoms with Crippen molar-refractivity contribution in [1.29, 1.82) is 0 Å². The van der Waals surface area contributed by atoms with Crippen LogP contribution in [0.3, 0.4) is 0 Å². The number of rotatable bonds is 9. The van der Waals surface area contributed by atoms with E-state index in [-0.39, 0.29) is 41.6 Å². The third-order valence-corrected chi connectivity index (χ3v) is 5.68. The molecule has 1 N–H and O–H groups in total. The van der Waals surface area contributed by atoms with Crippen LogP contribution in [0.1, 0.15) is 30.4 Å². The summed E-state index contributed by atoms with van der Waals surface area (Å²) in [6.07, 6.45) is 2.22. The number of benzene rings is 2. The van der Waals surface area contributed by atoms with E-state index in [1.165, 1.54) is 11.6 Å². The number of piperidine rings is 1. The van der Waals surface area contributed by atoms with Crippen LogP contribution in [0.4, 0.5) is 11.4 Å². The number of aryl methyl sites for hydroxylation is 2. The van der Waals surface area contributed by atoms with Gasteiger partial charge in [0.1, 0.15) is 12.3 Å². The lowest BCUT2D eigenvalue weighted by Gasteiger charge is -2.32. The van der Waals surface area contributed by atoms with E-state index in [1.807, 2.05) is 36.1 Å². The van der Waals surface area contributed by atoms with Gasteiger partial charge in [0.15, 0.2) is 0 Å². The molecule has 1 heterocycles. The zero-order valence-electron chi connectivity index (χ0n) is 18.3. The zero-order chi connectivity index (χ0) is 22.9. The predicted octanol–water partition coefficient (Wildman–Crippen LogP) is 3.41. The molecule has 1 aliphatic rings. The molecule has 0 aromatic heterocycles. The number of nitro groups is 1. The number of carbonyl (C=O) groups is 2. The molecule has 0 aliphatic carbocycles.